The van der Waals surface area contributed by atoms with Crippen LogP contribution >= 0.6 is 12.2 Å². The number of nitrogens with two attached hydrogens (primary N) is 1. The molecule has 140 valence electrons. The summed E-state index contributed by atoms with van der Waals surface area (Å²) in [7, 11) is 0. The summed E-state index contributed by atoms with van der Waals surface area (Å²) >= 11 is 4.86. The summed E-state index contributed by atoms with van der Waals surface area (Å²) in [5.74, 6) is -3.12. The molecule has 0 fully saturated rings. The smallest absolute Gasteiger partial charge is 0.378 e. The van der Waals surface area contributed by atoms with E-state index in [0.717, 1.165) is 0 Å². The van der Waals surface area contributed by atoms with Crippen LogP contribution in [0.15, 0.2) is 54.6 Å². The molecule has 0 bridgehead atoms. The maximum absolute atomic E-state index is 12.5. The van der Waals surface area contributed by atoms with Crippen LogP contribution in [-0.4, -0.2) is 33.5 Å². The lowest BCUT2D eigenvalue weighted by Crippen LogP contribution is -2.64. The quantitative estimate of drug-likeness (QED) is 0.360. The van der Waals surface area contributed by atoms with Gasteiger partial charge in [0.25, 0.3) is 5.91 Å². The first-order chi connectivity index (χ1) is 12.8. The summed E-state index contributed by atoms with van der Waals surface area (Å²) in [5.41, 5.74) is 3.71. The number of hydrogen-bond acceptors (Lipinski definition) is 5. The molecule has 2 rings (SSSR count). The van der Waals surface area contributed by atoms with Gasteiger partial charge in [-0.2, -0.15) is 0 Å². The van der Waals surface area contributed by atoms with Crippen molar-refractivity contribution in [1.82, 2.24) is 5.32 Å². The lowest BCUT2D eigenvalue weighted by Gasteiger charge is -2.29. The zero-order valence-electron chi connectivity index (χ0n) is 14.5. The fourth-order valence-electron chi connectivity index (χ4n) is 2.30. The van der Waals surface area contributed by atoms with Crippen LogP contribution in [0.25, 0.3) is 0 Å². The molecule has 1 amide bonds. The van der Waals surface area contributed by atoms with Gasteiger partial charge in [0.2, 0.25) is 5.78 Å². The van der Waals surface area contributed by atoms with E-state index in [2.05, 4.69) is 5.32 Å². The van der Waals surface area contributed by atoms with Gasteiger partial charge in [-0.25, -0.2) is 4.79 Å². The van der Waals surface area contributed by atoms with Gasteiger partial charge in [-0.1, -0.05) is 37.3 Å². The van der Waals surface area contributed by atoms with Crippen molar-refractivity contribution in [3.63, 3.8) is 0 Å². The number of ether oxygens (including phenoxy) is 1. The Morgan fingerprint density at radius 3 is 2.15 bits per heavy atom. The molecule has 0 aromatic heterocycles. The lowest BCUT2D eigenvalue weighted by molar-refractivity contribution is -0.164. The Labute approximate surface area is 161 Å². The van der Waals surface area contributed by atoms with E-state index in [4.69, 9.17) is 22.7 Å². The maximum atomic E-state index is 12.5. The molecule has 2 aromatic carbocycles. The van der Waals surface area contributed by atoms with Crippen molar-refractivity contribution in [3.05, 3.63) is 65.7 Å². The number of amides is 1. The fourth-order valence-corrected chi connectivity index (χ4v) is 2.44. The van der Waals surface area contributed by atoms with Crippen molar-refractivity contribution >= 4 is 34.9 Å². The number of carbonyl (C=O) groups is 3. The van der Waals surface area contributed by atoms with Gasteiger partial charge < -0.3 is 15.6 Å². The summed E-state index contributed by atoms with van der Waals surface area (Å²) in [6.07, 6.45) is -0.160. The molecule has 2 aromatic rings. The molecular weight excluding hydrogens is 368 g/mol. The molecular formula is C19H18N2O5S. The number of hydrogen-bond donors (Lipinski definition) is 3. The van der Waals surface area contributed by atoms with E-state index in [0.29, 0.717) is 5.56 Å². The predicted molar refractivity (Wildman–Crippen MR) is 103 cm³/mol. The van der Waals surface area contributed by atoms with Gasteiger partial charge in [0.05, 0.1) is 0 Å². The number of carboxylic acids is 1. The van der Waals surface area contributed by atoms with Crippen LogP contribution in [0, 0.1) is 0 Å². The summed E-state index contributed by atoms with van der Waals surface area (Å²) in [6, 6.07) is 13.8. The number of thiocarbonyl (C=S) groups is 1. The second-order valence-corrected chi connectivity index (χ2v) is 6.01. The highest BCUT2D eigenvalue weighted by Gasteiger charge is 2.49. The van der Waals surface area contributed by atoms with E-state index in [9.17, 15) is 19.5 Å². The van der Waals surface area contributed by atoms with E-state index in [1.165, 1.54) is 43.3 Å². The van der Waals surface area contributed by atoms with Gasteiger partial charge in [0.15, 0.2) is 0 Å². The summed E-state index contributed by atoms with van der Waals surface area (Å²) in [5, 5.41) is 11.9. The molecule has 0 saturated heterocycles. The highest BCUT2D eigenvalue weighted by Crippen LogP contribution is 2.21. The number of aliphatic carboxylic acids is 1. The summed E-state index contributed by atoms with van der Waals surface area (Å²) < 4.78 is 5.48. The Kier molecular flexibility index (Phi) is 6.25. The second-order valence-electron chi connectivity index (χ2n) is 5.57. The van der Waals surface area contributed by atoms with Crippen molar-refractivity contribution < 1.29 is 24.2 Å². The normalized spacial score (nSPS) is 12.5. The van der Waals surface area contributed by atoms with E-state index in [-0.39, 0.29) is 22.7 Å². The number of ketones is 1. The van der Waals surface area contributed by atoms with Crippen molar-refractivity contribution in [2.45, 2.75) is 19.1 Å². The van der Waals surface area contributed by atoms with Crippen molar-refractivity contribution in [2.75, 3.05) is 0 Å². The molecule has 0 radical (unpaired) electrons. The van der Waals surface area contributed by atoms with Crippen LogP contribution in [0.5, 0.6) is 5.75 Å². The molecule has 4 N–H and O–H groups in total. The van der Waals surface area contributed by atoms with E-state index < -0.39 is 23.4 Å². The van der Waals surface area contributed by atoms with Crippen LogP contribution in [0.4, 0.5) is 0 Å². The molecule has 0 aliphatic rings. The third-order valence-electron chi connectivity index (χ3n) is 3.75. The minimum atomic E-state index is -2.56. The van der Waals surface area contributed by atoms with Gasteiger partial charge >= 0.3 is 11.7 Å². The van der Waals surface area contributed by atoms with Gasteiger partial charge in [0.1, 0.15) is 10.7 Å². The molecule has 27 heavy (non-hydrogen) atoms. The zero-order chi connectivity index (χ0) is 20.0. The number of carbonyl (C=O) groups excluding carboxylic acids is 2. The maximum Gasteiger partial charge on any atom is 0.378 e. The largest absolute Gasteiger partial charge is 0.476 e. The monoisotopic (exact) mass is 386 g/mol. The van der Waals surface area contributed by atoms with Gasteiger partial charge in [0, 0.05) is 17.5 Å². The third kappa shape index (κ3) is 4.48. The van der Waals surface area contributed by atoms with Gasteiger partial charge in [-0.15, -0.1) is 0 Å². The second kappa shape index (κ2) is 8.41. The minimum absolute atomic E-state index is 0.0626. The Balaban J connectivity index is 2.40. The lowest BCUT2D eigenvalue weighted by atomic mass is 10.0. The third-order valence-corrected chi connectivity index (χ3v) is 3.99. The number of nitrogens with one attached hydrogen (secondary N) is 1. The molecule has 0 saturated carbocycles. The van der Waals surface area contributed by atoms with E-state index in [1.807, 2.05) is 0 Å². The average molecular weight is 386 g/mol. The van der Waals surface area contributed by atoms with Crippen molar-refractivity contribution in [2.24, 2.45) is 5.73 Å². The molecule has 1 atom stereocenters. The average Bonchev–Trinajstić information content (AvgIpc) is 2.67. The predicted octanol–water partition coefficient (Wildman–Crippen LogP) is 1.89. The summed E-state index contributed by atoms with van der Waals surface area (Å²) in [6.45, 7) is 1.48. The van der Waals surface area contributed by atoms with Crippen LogP contribution in [-0.2, 0) is 9.59 Å². The molecule has 8 heteroatoms. The zero-order valence-corrected chi connectivity index (χ0v) is 15.3. The number of Topliss-reactive ketones (excluding diaryl/α,β-unsaturated/α-hetero) is 1. The molecule has 0 spiro atoms. The number of carboxylic acid groups (broad SMARTS) is 1. The van der Waals surface area contributed by atoms with E-state index in [1.54, 1.807) is 18.2 Å². The highest BCUT2D eigenvalue weighted by molar-refractivity contribution is 7.80. The Hall–Kier alpha value is -3.26. The standard InChI is InChI=1S/C19H18N2O5S/c1-2-15(22)19(18(24)25,21-17(23)13-6-4-3-5-7-13)26-14-10-8-12(9-11-14)16(20)27/h3-11H,2H2,1H3,(H2,20,27)(H,21,23)(H,24,25). The first-order valence-electron chi connectivity index (χ1n) is 8.03. The molecule has 0 heterocycles. The van der Waals surface area contributed by atoms with E-state index >= 15 is 0 Å². The highest BCUT2D eigenvalue weighted by atomic mass is 32.1. The van der Waals surface area contributed by atoms with Crippen LogP contribution < -0.4 is 15.8 Å². The Morgan fingerprint density at radius 1 is 1.07 bits per heavy atom. The fraction of sp³-hybridized carbons (Fsp3) is 0.158. The SMILES string of the molecule is CCC(=O)C(NC(=O)c1ccccc1)(Oc1ccc(C(N)=S)cc1)C(=O)O. The minimum Gasteiger partial charge on any atom is -0.476 e. The Bertz CT molecular complexity index is 867. The molecule has 7 nitrogen and oxygen atoms in total. The van der Waals surface area contributed by atoms with Crippen LogP contribution in [0.2, 0.25) is 0 Å². The van der Waals surface area contributed by atoms with Crippen molar-refractivity contribution in [1.29, 1.82) is 0 Å². The molecule has 0 aliphatic carbocycles. The van der Waals surface area contributed by atoms with Crippen LogP contribution in [0.3, 0.4) is 0 Å². The molecule has 1 unspecified atom stereocenters. The topological polar surface area (TPSA) is 119 Å². The van der Waals surface area contributed by atoms with Crippen molar-refractivity contribution in [3.8, 4) is 5.75 Å². The summed E-state index contributed by atoms with van der Waals surface area (Å²) in [4.78, 5) is 37.1. The molecule has 0 aliphatic heterocycles. The first kappa shape index (κ1) is 20.1. The Morgan fingerprint density at radius 2 is 1.67 bits per heavy atom. The van der Waals surface area contributed by atoms with Crippen LogP contribution in [0.1, 0.15) is 29.3 Å². The van der Waals surface area contributed by atoms with Gasteiger partial charge in [-0.3, -0.25) is 14.9 Å². The first-order valence-corrected chi connectivity index (χ1v) is 8.44. The number of benzene rings is 2. The number of rotatable bonds is 8. The van der Waals surface area contributed by atoms with Gasteiger partial charge in [-0.05, 0) is 36.4 Å².